The van der Waals surface area contributed by atoms with E-state index < -0.39 is 10.9 Å². The number of amides is 1. The third-order valence-electron chi connectivity index (χ3n) is 4.32. The van der Waals surface area contributed by atoms with Crippen molar-refractivity contribution >= 4 is 23.3 Å². The molecule has 0 N–H and O–H groups in total. The minimum absolute atomic E-state index is 0.0153. The average Bonchev–Trinajstić information content (AvgIpc) is 2.63. The molecule has 1 amide bonds. The lowest BCUT2D eigenvalue weighted by Gasteiger charge is -2.29. The zero-order valence-corrected chi connectivity index (χ0v) is 15.2. The summed E-state index contributed by atoms with van der Waals surface area (Å²) in [5.41, 5.74) is 2.68. The van der Waals surface area contributed by atoms with Crippen LogP contribution >= 0.6 is 0 Å². The van der Waals surface area contributed by atoms with Gasteiger partial charge in [0, 0.05) is 24.2 Å². The highest BCUT2D eigenvalue weighted by molar-refractivity contribution is 5.96. The Kier molecular flexibility index (Phi) is 5.21. The molecule has 1 aliphatic rings. The first-order valence-electron chi connectivity index (χ1n) is 8.73. The van der Waals surface area contributed by atoms with Crippen molar-refractivity contribution < 1.29 is 19.2 Å². The number of anilines is 1. The fourth-order valence-corrected chi connectivity index (χ4v) is 3.09. The molecule has 1 heterocycles. The fraction of sp³-hybridized carbons (Fsp3) is 0.300. The molecule has 0 saturated heterocycles. The predicted molar refractivity (Wildman–Crippen MR) is 99.6 cm³/mol. The molecule has 0 spiro atoms. The molecule has 0 bridgehead atoms. The number of hydrogen-bond acceptors (Lipinski definition) is 5. The maximum atomic E-state index is 12.4. The number of fused-ring (bicyclic) bond motifs is 1. The number of nitro groups is 1. The molecule has 0 aromatic heterocycles. The molecule has 3 rings (SSSR count). The molecule has 0 saturated carbocycles. The first-order valence-corrected chi connectivity index (χ1v) is 8.73. The van der Waals surface area contributed by atoms with Crippen molar-refractivity contribution in [2.75, 3.05) is 4.90 Å². The standard InChI is InChI=1S/C20H20N2O5/c1-13(2)27-20(24)16-5-3-4-14(10-16)12-21-18-8-7-17(22(25)26)11-15(18)6-9-19(21)23/h3-5,7-8,10-11,13H,6,9,12H2,1-2H3. The monoisotopic (exact) mass is 368 g/mol. The summed E-state index contributed by atoms with van der Waals surface area (Å²) in [6.07, 6.45) is 0.559. The lowest BCUT2D eigenvalue weighted by Crippen LogP contribution is -2.34. The smallest absolute Gasteiger partial charge is 0.338 e. The van der Waals surface area contributed by atoms with Crippen LogP contribution in [0.2, 0.25) is 0 Å². The number of ether oxygens (including phenoxy) is 1. The number of nitro benzene ring substituents is 1. The van der Waals surface area contributed by atoms with E-state index in [1.165, 1.54) is 12.1 Å². The van der Waals surface area contributed by atoms with Crippen LogP contribution < -0.4 is 4.90 Å². The first-order chi connectivity index (χ1) is 12.8. The summed E-state index contributed by atoms with van der Waals surface area (Å²) in [7, 11) is 0. The number of hydrogen-bond donors (Lipinski definition) is 0. The van der Waals surface area contributed by atoms with E-state index in [1.54, 1.807) is 43.0 Å². The molecule has 0 atom stereocenters. The molecule has 140 valence electrons. The number of esters is 1. The van der Waals surface area contributed by atoms with E-state index >= 15 is 0 Å². The van der Waals surface area contributed by atoms with Crippen LogP contribution in [0.5, 0.6) is 0 Å². The maximum absolute atomic E-state index is 12.4. The van der Waals surface area contributed by atoms with Gasteiger partial charge in [-0.3, -0.25) is 14.9 Å². The van der Waals surface area contributed by atoms with Crippen molar-refractivity contribution in [1.82, 2.24) is 0 Å². The van der Waals surface area contributed by atoms with Gasteiger partial charge in [0.15, 0.2) is 0 Å². The van der Waals surface area contributed by atoms with Crippen LogP contribution in [-0.2, 0) is 22.5 Å². The summed E-state index contributed by atoms with van der Waals surface area (Å²) < 4.78 is 5.21. The molecule has 2 aromatic rings. The van der Waals surface area contributed by atoms with Gasteiger partial charge in [0.05, 0.1) is 23.1 Å². The fourth-order valence-electron chi connectivity index (χ4n) is 3.09. The van der Waals surface area contributed by atoms with E-state index in [2.05, 4.69) is 0 Å². The highest BCUT2D eigenvalue weighted by atomic mass is 16.6. The summed E-state index contributed by atoms with van der Waals surface area (Å²) in [6.45, 7) is 3.85. The molecule has 2 aromatic carbocycles. The van der Waals surface area contributed by atoms with E-state index in [-0.39, 0.29) is 24.2 Å². The Morgan fingerprint density at radius 1 is 1.22 bits per heavy atom. The summed E-state index contributed by atoms with van der Waals surface area (Å²) >= 11 is 0. The zero-order valence-electron chi connectivity index (χ0n) is 15.2. The van der Waals surface area contributed by atoms with Gasteiger partial charge in [0.25, 0.3) is 5.69 Å². The van der Waals surface area contributed by atoms with E-state index in [4.69, 9.17) is 4.74 Å². The van der Waals surface area contributed by atoms with Crippen LogP contribution in [0.4, 0.5) is 11.4 Å². The molecule has 0 aliphatic carbocycles. The lowest BCUT2D eigenvalue weighted by atomic mass is 9.99. The molecule has 7 nitrogen and oxygen atoms in total. The highest BCUT2D eigenvalue weighted by Crippen LogP contribution is 2.32. The third-order valence-corrected chi connectivity index (χ3v) is 4.32. The Balaban J connectivity index is 1.87. The van der Waals surface area contributed by atoms with E-state index in [1.807, 2.05) is 6.07 Å². The van der Waals surface area contributed by atoms with Gasteiger partial charge in [0.2, 0.25) is 5.91 Å². The molecule has 27 heavy (non-hydrogen) atoms. The molecule has 0 radical (unpaired) electrons. The third kappa shape index (κ3) is 4.13. The number of benzene rings is 2. The number of aryl methyl sites for hydroxylation is 1. The van der Waals surface area contributed by atoms with Gasteiger partial charge >= 0.3 is 5.97 Å². The van der Waals surface area contributed by atoms with Crippen LogP contribution in [-0.4, -0.2) is 22.9 Å². The Labute approximate surface area is 156 Å². The summed E-state index contributed by atoms with van der Waals surface area (Å²) in [6, 6.07) is 11.5. The van der Waals surface area contributed by atoms with Gasteiger partial charge < -0.3 is 9.64 Å². The van der Waals surface area contributed by atoms with Crippen LogP contribution in [0.25, 0.3) is 0 Å². The quantitative estimate of drug-likeness (QED) is 0.457. The number of nitrogens with zero attached hydrogens (tertiary/aromatic N) is 2. The largest absolute Gasteiger partial charge is 0.459 e. The SMILES string of the molecule is CC(C)OC(=O)c1cccc(CN2C(=O)CCc3cc([N+](=O)[O-])ccc32)c1. The first kappa shape index (κ1) is 18.6. The molecular formula is C20H20N2O5. The van der Waals surface area contributed by atoms with Gasteiger partial charge in [-0.05, 0) is 49.6 Å². The predicted octanol–water partition coefficient (Wildman–Crippen LogP) is 3.64. The van der Waals surface area contributed by atoms with Gasteiger partial charge in [-0.1, -0.05) is 12.1 Å². The van der Waals surface area contributed by atoms with E-state index in [0.29, 0.717) is 24.1 Å². The van der Waals surface area contributed by atoms with Gasteiger partial charge in [-0.25, -0.2) is 4.79 Å². The van der Waals surface area contributed by atoms with Crippen molar-refractivity contribution in [2.24, 2.45) is 0 Å². The van der Waals surface area contributed by atoms with Gasteiger partial charge in [-0.2, -0.15) is 0 Å². The van der Waals surface area contributed by atoms with E-state index in [9.17, 15) is 19.7 Å². The molecule has 7 heteroatoms. The second kappa shape index (κ2) is 7.57. The van der Waals surface area contributed by atoms with E-state index in [0.717, 1.165) is 11.1 Å². The lowest BCUT2D eigenvalue weighted by molar-refractivity contribution is -0.384. The number of rotatable bonds is 5. The number of carbonyl (C=O) groups excluding carboxylic acids is 2. The minimum atomic E-state index is -0.440. The van der Waals surface area contributed by atoms with Gasteiger partial charge in [-0.15, -0.1) is 0 Å². The summed E-state index contributed by atoms with van der Waals surface area (Å²) in [5.74, 6) is -0.459. The molecule has 1 aliphatic heterocycles. The second-order valence-corrected chi connectivity index (χ2v) is 6.70. The molecular weight excluding hydrogens is 348 g/mol. The number of non-ortho nitro benzene ring substituents is 1. The van der Waals surface area contributed by atoms with Crippen molar-refractivity contribution in [3.05, 3.63) is 69.3 Å². The summed E-state index contributed by atoms with van der Waals surface area (Å²) in [4.78, 5) is 36.7. The normalized spacial score (nSPS) is 13.4. The van der Waals surface area contributed by atoms with Crippen LogP contribution in [0, 0.1) is 10.1 Å². The zero-order chi connectivity index (χ0) is 19.6. The molecule has 0 fully saturated rings. The van der Waals surface area contributed by atoms with Crippen LogP contribution in [0.3, 0.4) is 0 Å². The Morgan fingerprint density at radius 3 is 2.70 bits per heavy atom. The molecule has 0 unspecified atom stereocenters. The Hall–Kier alpha value is -3.22. The highest BCUT2D eigenvalue weighted by Gasteiger charge is 2.26. The van der Waals surface area contributed by atoms with Crippen molar-refractivity contribution in [3.63, 3.8) is 0 Å². The minimum Gasteiger partial charge on any atom is -0.459 e. The number of carbonyl (C=O) groups is 2. The Morgan fingerprint density at radius 2 is 2.00 bits per heavy atom. The average molecular weight is 368 g/mol. The second-order valence-electron chi connectivity index (χ2n) is 6.70. The van der Waals surface area contributed by atoms with Crippen molar-refractivity contribution in [3.8, 4) is 0 Å². The topological polar surface area (TPSA) is 89.8 Å². The van der Waals surface area contributed by atoms with Crippen LogP contribution in [0.1, 0.15) is 41.8 Å². The van der Waals surface area contributed by atoms with Gasteiger partial charge in [0.1, 0.15) is 0 Å². The maximum Gasteiger partial charge on any atom is 0.338 e. The van der Waals surface area contributed by atoms with Crippen molar-refractivity contribution in [1.29, 1.82) is 0 Å². The van der Waals surface area contributed by atoms with Crippen molar-refractivity contribution in [2.45, 2.75) is 39.3 Å². The van der Waals surface area contributed by atoms with Crippen LogP contribution in [0.15, 0.2) is 42.5 Å². The Bertz CT molecular complexity index is 907. The summed E-state index contributed by atoms with van der Waals surface area (Å²) in [5, 5.41) is 11.0.